The molecule has 5 heteroatoms. The van der Waals surface area contributed by atoms with Crippen LogP contribution in [0.3, 0.4) is 0 Å². The van der Waals surface area contributed by atoms with Gasteiger partial charge < -0.3 is 4.74 Å². The molecular formula is C16H24F3OP. The summed E-state index contributed by atoms with van der Waals surface area (Å²) in [7, 11) is -1.85. The molecule has 0 aromatic heterocycles. The lowest BCUT2D eigenvalue weighted by Gasteiger charge is -2.50. The van der Waals surface area contributed by atoms with Crippen molar-refractivity contribution in [3.8, 4) is 5.75 Å². The van der Waals surface area contributed by atoms with Crippen molar-refractivity contribution < 1.29 is 17.9 Å². The first-order chi connectivity index (χ1) is 9.18. The zero-order valence-corrected chi connectivity index (χ0v) is 14.4. The van der Waals surface area contributed by atoms with E-state index in [-0.39, 0.29) is 16.1 Å². The first-order valence-electron chi connectivity index (χ1n) is 6.78. The van der Waals surface area contributed by atoms with Crippen LogP contribution in [0.4, 0.5) is 13.2 Å². The fourth-order valence-corrected chi connectivity index (χ4v) is 6.90. The molecule has 0 aliphatic rings. The molecule has 1 rings (SSSR count). The van der Waals surface area contributed by atoms with Gasteiger partial charge in [0.15, 0.2) is 0 Å². The van der Waals surface area contributed by atoms with Crippen LogP contribution < -0.4 is 10.0 Å². The van der Waals surface area contributed by atoms with Gasteiger partial charge in [0.2, 0.25) is 0 Å². The Bertz CT molecular complexity index is 464. The Labute approximate surface area is 126 Å². The van der Waals surface area contributed by atoms with Crippen LogP contribution in [0, 0.1) is 6.66 Å². The minimum absolute atomic E-state index is 0.0440. The Kier molecular flexibility index (Phi) is 4.76. The second-order valence-corrected chi connectivity index (χ2v) is 12.0. The largest absolute Gasteiger partial charge is 0.573 e. The fraction of sp³-hybridized carbons (Fsp3) is 0.562. The summed E-state index contributed by atoms with van der Waals surface area (Å²) in [4.78, 5) is 0. The molecule has 0 amide bonds. The van der Waals surface area contributed by atoms with Gasteiger partial charge in [-0.2, -0.15) is 6.66 Å². The normalized spacial score (nSPS) is 14.2. The molecule has 0 saturated carbocycles. The van der Waals surface area contributed by atoms with Crippen LogP contribution in [-0.4, -0.2) is 16.7 Å². The zero-order valence-electron chi connectivity index (χ0n) is 13.5. The molecule has 1 nitrogen and oxygen atoms in total. The van der Waals surface area contributed by atoms with Crippen molar-refractivity contribution in [2.24, 2.45) is 0 Å². The van der Waals surface area contributed by atoms with Crippen molar-refractivity contribution >= 4 is 12.6 Å². The smallest absolute Gasteiger partial charge is 0.406 e. The molecule has 0 fully saturated rings. The predicted molar refractivity (Wildman–Crippen MR) is 84.5 cm³/mol. The average molecular weight is 320 g/mol. The van der Waals surface area contributed by atoms with Gasteiger partial charge >= 0.3 is 6.36 Å². The number of ether oxygens (including phenoxy) is 1. The number of hydrogen-bond acceptors (Lipinski definition) is 1. The summed E-state index contributed by atoms with van der Waals surface area (Å²) < 4.78 is 40.6. The molecule has 0 atom stereocenters. The molecule has 0 unspecified atom stereocenters. The van der Waals surface area contributed by atoms with Gasteiger partial charge in [-0.05, 0) is 65.8 Å². The van der Waals surface area contributed by atoms with Crippen LogP contribution in [0.15, 0.2) is 24.3 Å². The van der Waals surface area contributed by atoms with Crippen LogP contribution in [0.2, 0.25) is 0 Å². The first kappa shape index (κ1) is 18.3. The molecule has 1 aromatic carbocycles. The van der Waals surface area contributed by atoms with E-state index in [4.69, 9.17) is 0 Å². The van der Waals surface area contributed by atoms with Gasteiger partial charge in [-0.15, -0.1) is 13.2 Å². The Hall–Kier alpha value is -0.760. The molecule has 0 saturated heterocycles. The second-order valence-electron chi connectivity index (χ2n) is 7.19. The second kappa shape index (κ2) is 5.46. The fourth-order valence-electron chi connectivity index (χ4n) is 2.68. The summed E-state index contributed by atoms with van der Waals surface area (Å²) >= 11 is 0. The maximum atomic E-state index is 12.2. The summed E-state index contributed by atoms with van der Waals surface area (Å²) in [5.74, 6) is -0.194. The highest BCUT2D eigenvalue weighted by molar-refractivity contribution is 7.86. The van der Waals surface area contributed by atoms with E-state index in [0.29, 0.717) is 0 Å². The Morgan fingerprint density at radius 1 is 0.857 bits per heavy atom. The Balaban J connectivity index is 3.24. The van der Waals surface area contributed by atoms with Crippen LogP contribution in [0.25, 0.3) is 0 Å². The van der Waals surface area contributed by atoms with Gasteiger partial charge in [0, 0.05) is 0 Å². The lowest BCUT2D eigenvalue weighted by molar-refractivity contribution is -0.274. The summed E-state index contributed by atoms with van der Waals surface area (Å²) in [6, 6.07) is 6.19. The van der Waals surface area contributed by atoms with E-state index in [0.717, 1.165) is 5.30 Å². The van der Waals surface area contributed by atoms with Crippen molar-refractivity contribution in [3.05, 3.63) is 30.9 Å². The maximum Gasteiger partial charge on any atom is 0.573 e. The Morgan fingerprint density at radius 2 is 1.24 bits per heavy atom. The van der Waals surface area contributed by atoms with E-state index >= 15 is 0 Å². The lowest BCUT2D eigenvalue weighted by Crippen LogP contribution is -2.38. The molecule has 21 heavy (non-hydrogen) atoms. The summed E-state index contributed by atoms with van der Waals surface area (Å²) in [6.07, 6.45) is -4.66. The molecule has 0 heterocycles. The Morgan fingerprint density at radius 3 is 1.52 bits per heavy atom. The molecule has 0 radical (unpaired) electrons. The molecule has 1 aromatic rings. The summed E-state index contributed by atoms with van der Waals surface area (Å²) in [5.41, 5.74) is 0. The SMILES string of the molecule is [CH2-][P+](c1ccc(OC(F)(F)F)cc1)(C(C)(C)C)C(C)(C)C. The standard InChI is InChI=1S/C16H24F3OP/c1-14(2,3)21(7,15(4,5)6)13-10-8-12(9-11-13)20-16(17,18)19/h8-11H,7H2,1-6H3. The van der Waals surface area contributed by atoms with Crippen molar-refractivity contribution in [2.45, 2.75) is 58.2 Å². The minimum atomic E-state index is -4.66. The van der Waals surface area contributed by atoms with Crippen molar-refractivity contribution in [1.82, 2.24) is 0 Å². The van der Waals surface area contributed by atoms with E-state index < -0.39 is 13.6 Å². The van der Waals surface area contributed by atoms with E-state index in [9.17, 15) is 13.2 Å². The molecular weight excluding hydrogens is 296 g/mol. The van der Waals surface area contributed by atoms with Crippen LogP contribution in [-0.2, 0) is 0 Å². The van der Waals surface area contributed by atoms with E-state index in [1.54, 1.807) is 12.1 Å². The van der Waals surface area contributed by atoms with E-state index in [1.165, 1.54) is 12.1 Å². The van der Waals surface area contributed by atoms with Crippen LogP contribution in [0.5, 0.6) is 5.75 Å². The van der Waals surface area contributed by atoms with Crippen molar-refractivity contribution in [3.63, 3.8) is 0 Å². The summed E-state index contributed by atoms with van der Waals surface area (Å²) in [6.45, 7) is 17.4. The minimum Gasteiger partial charge on any atom is -0.406 e. The van der Waals surface area contributed by atoms with Gasteiger partial charge in [-0.3, -0.25) is 0 Å². The zero-order chi connectivity index (χ0) is 16.7. The van der Waals surface area contributed by atoms with Gasteiger partial charge in [0.05, 0.1) is 15.6 Å². The number of halogens is 3. The number of rotatable bonds is 2. The highest BCUT2D eigenvalue weighted by atomic mass is 31.2. The third-order valence-electron chi connectivity index (χ3n) is 3.80. The van der Waals surface area contributed by atoms with Gasteiger partial charge in [-0.25, -0.2) is 0 Å². The maximum absolute atomic E-state index is 12.2. The highest BCUT2D eigenvalue weighted by Gasteiger charge is 2.49. The number of benzene rings is 1. The molecule has 0 aliphatic heterocycles. The number of hydrogen-bond donors (Lipinski definition) is 0. The van der Waals surface area contributed by atoms with E-state index in [2.05, 4.69) is 52.9 Å². The van der Waals surface area contributed by atoms with Crippen molar-refractivity contribution in [2.75, 3.05) is 0 Å². The average Bonchev–Trinajstić information content (AvgIpc) is 2.23. The molecule has 0 bridgehead atoms. The highest BCUT2D eigenvalue weighted by Crippen LogP contribution is 2.74. The first-order valence-corrected chi connectivity index (χ1v) is 8.76. The predicted octanol–water partition coefficient (Wildman–Crippen LogP) is 5.62. The summed E-state index contributed by atoms with van der Waals surface area (Å²) in [5, 5.41) is 0.923. The molecule has 0 spiro atoms. The molecule has 120 valence electrons. The quantitative estimate of drug-likeness (QED) is 0.508. The van der Waals surface area contributed by atoms with Crippen LogP contribution in [0.1, 0.15) is 41.5 Å². The lowest BCUT2D eigenvalue weighted by atomic mass is 10.2. The van der Waals surface area contributed by atoms with Gasteiger partial charge in [-0.1, -0.05) is 7.26 Å². The van der Waals surface area contributed by atoms with Crippen molar-refractivity contribution in [1.29, 1.82) is 0 Å². The third-order valence-corrected chi connectivity index (χ3v) is 9.56. The van der Waals surface area contributed by atoms with Crippen LogP contribution >= 0.6 is 7.26 Å². The molecule has 0 N–H and O–H groups in total. The van der Waals surface area contributed by atoms with E-state index in [1.807, 2.05) is 0 Å². The number of alkyl halides is 3. The molecule has 0 aliphatic carbocycles. The third kappa shape index (κ3) is 3.91. The van der Waals surface area contributed by atoms with Gasteiger partial charge in [0.1, 0.15) is 5.75 Å². The topological polar surface area (TPSA) is 9.23 Å². The van der Waals surface area contributed by atoms with Gasteiger partial charge in [0.25, 0.3) is 0 Å². The monoisotopic (exact) mass is 320 g/mol.